The molecular weight excluding hydrogens is 721 g/mol. The summed E-state index contributed by atoms with van der Waals surface area (Å²) in [6.07, 6.45) is 42.5. The molecule has 0 aliphatic rings. The van der Waals surface area contributed by atoms with Gasteiger partial charge in [0.15, 0.2) is 6.10 Å². The zero-order valence-corrected chi connectivity index (χ0v) is 39.8. The number of carbonyl (C=O) groups excluding carboxylic acids is 3. The van der Waals surface area contributed by atoms with Gasteiger partial charge in [0.05, 0.1) is 0 Å². The highest BCUT2D eigenvalue weighted by molar-refractivity contribution is 5.71. The van der Waals surface area contributed by atoms with E-state index in [0.717, 1.165) is 75.5 Å². The molecule has 58 heavy (non-hydrogen) atoms. The Morgan fingerprint density at radius 3 is 0.741 bits per heavy atom. The average molecular weight is 821 g/mol. The molecule has 0 radical (unpaired) electrons. The Bertz CT molecular complexity index is 898. The third-order valence-corrected chi connectivity index (χ3v) is 11.6. The van der Waals surface area contributed by atoms with Gasteiger partial charge in [-0.25, -0.2) is 0 Å². The highest BCUT2D eigenvalue weighted by Gasteiger charge is 2.19. The molecule has 344 valence electrons. The Labute approximate surface area is 361 Å². The van der Waals surface area contributed by atoms with E-state index in [1.165, 1.54) is 161 Å². The van der Waals surface area contributed by atoms with Crippen molar-refractivity contribution < 1.29 is 28.6 Å². The van der Waals surface area contributed by atoms with Crippen molar-refractivity contribution in [3.63, 3.8) is 0 Å². The number of unbranched alkanes of at least 4 members (excludes halogenated alkanes) is 28. The van der Waals surface area contributed by atoms with E-state index in [9.17, 15) is 14.4 Å². The van der Waals surface area contributed by atoms with Crippen LogP contribution in [0.3, 0.4) is 0 Å². The molecule has 0 N–H and O–H groups in total. The van der Waals surface area contributed by atoms with Gasteiger partial charge in [-0.05, 0) is 37.0 Å². The summed E-state index contributed by atoms with van der Waals surface area (Å²) in [6, 6.07) is 0. The van der Waals surface area contributed by atoms with E-state index >= 15 is 0 Å². The molecule has 0 aromatic rings. The summed E-state index contributed by atoms with van der Waals surface area (Å²) in [7, 11) is 0. The smallest absolute Gasteiger partial charge is 0.306 e. The van der Waals surface area contributed by atoms with Crippen LogP contribution in [0.1, 0.15) is 279 Å². The molecule has 0 bridgehead atoms. The first-order valence-corrected chi connectivity index (χ1v) is 25.6. The minimum absolute atomic E-state index is 0.0656. The summed E-state index contributed by atoms with van der Waals surface area (Å²) in [5.41, 5.74) is 0. The van der Waals surface area contributed by atoms with Crippen molar-refractivity contribution >= 4 is 17.9 Å². The van der Waals surface area contributed by atoms with Crippen LogP contribution in [0.5, 0.6) is 0 Å². The molecule has 0 saturated carbocycles. The first-order valence-electron chi connectivity index (χ1n) is 25.6. The Kier molecular flexibility index (Phi) is 42.3. The van der Waals surface area contributed by atoms with Gasteiger partial charge < -0.3 is 14.2 Å². The quantitative estimate of drug-likeness (QED) is 0.0346. The molecule has 0 aromatic carbocycles. The van der Waals surface area contributed by atoms with E-state index in [2.05, 4.69) is 41.5 Å². The van der Waals surface area contributed by atoms with Crippen LogP contribution >= 0.6 is 0 Å². The average Bonchev–Trinajstić information content (AvgIpc) is 3.18. The molecule has 0 saturated heterocycles. The fraction of sp³-hybridized carbons (Fsp3) is 0.942. The molecule has 1 atom stereocenters. The second kappa shape index (κ2) is 43.5. The van der Waals surface area contributed by atoms with Gasteiger partial charge in [0.1, 0.15) is 13.2 Å². The maximum Gasteiger partial charge on any atom is 0.306 e. The van der Waals surface area contributed by atoms with E-state index in [1.54, 1.807) is 0 Å². The van der Waals surface area contributed by atoms with Crippen LogP contribution in [0.25, 0.3) is 0 Å². The van der Waals surface area contributed by atoms with Crippen molar-refractivity contribution in [3.8, 4) is 0 Å². The number of rotatable bonds is 45. The molecule has 0 rings (SSSR count). The Hall–Kier alpha value is -1.59. The monoisotopic (exact) mass is 821 g/mol. The molecule has 0 fully saturated rings. The summed E-state index contributed by atoms with van der Waals surface area (Å²) < 4.78 is 16.8. The topological polar surface area (TPSA) is 78.9 Å². The van der Waals surface area contributed by atoms with Gasteiger partial charge in [0.2, 0.25) is 0 Å². The Morgan fingerprint density at radius 1 is 0.293 bits per heavy atom. The molecular formula is C52H100O6. The van der Waals surface area contributed by atoms with Crippen LogP contribution in [0.2, 0.25) is 0 Å². The maximum absolute atomic E-state index is 12.7. The van der Waals surface area contributed by atoms with Gasteiger partial charge in [0.25, 0.3) is 0 Å². The van der Waals surface area contributed by atoms with Gasteiger partial charge >= 0.3 is 17.9 Å². The molecule has 0 spiro atoms. The lowest BCUT2D eigenvalue weighted by atomic mass is 10.0. The number of hydrogen-bond donors (Lipinski definition) is 0. The first-order chi connectivity index (χ1) is 28.1. The summed E-state index contributed by atoms with van der Waals surface area (Å²) in [4.78, 5) is 37.8. The third-order valence-electron chi connectivity index (χ3n) is 11.6. The predicted octanol–water partition coefficient (Wildman–Crippen LogP) is 16.4. The third kappa shape index (κ3) is 45.5. The van der Waals surface area contributed by atoms with Crippen molar-refractivity contribution in [1.29, 1.82) is 0 Å². The van der Waals surface area contributed by atoms with Gasteiger partial charge in [-0.3, -0.25) is 14.4 Å². The van der Waals surface area contributed by atoms with Crippen LogP contribution in [0, 0.1) is 17.8 Å². The zero-order valence-electron chi connectivity index (χ0n) is 39.8. The summed E-state index contributed by atoms with van der Waals surface area (Å²) in [6.45, 7) is 13.6. The van der Waals surface area contributed by atoms with Crippen molar-refractivity contribution in [2.45, 2.75) is 285 Å². The summed E-state index contributed by atoms with van der Waals surface area (Å²) >= 11 is 0. The molecule has 0 unspecified atom stereocenters. The second-order valence-corrected chi connectivity index (χ2v) is 19.2. The lowest BCUT2D eigenvalue weighted by molar-refractivity contribution is -0.167. The Morgan fingerprint density at radius 2 is 0.500 bits per heavy atom. The summed E-state index contributed by atoms with van der Waals surface area (Å²) in [5.74, 6) is 1.57. The molecule has 0 amide bonds. The van der Waals surface area contributed by atoms with Crippen molar-refractivity contribution in [2.24, 2.45) is 17.8 Å². The van der Waals surface area contributed by atoms with Gasteiger partial charge in [-0.2, -0.15) is 0 Å². The van der Waals surface area contributed by atoms with Crippen molar-refractivity contribution in [1.82, 2.24) is 0 Å². The van der Waals surface area contributed by atoms with Gasteiger partial charge in [0, 0.05) is 19.3 Å². The van der Waals surface area contributed by atoms with Crippen LogP contribution in [-0.4, -0.2) is 37.2 Å². The summed E-state index contributed by atoms with van der Waals surface area (Å²) in [5, 5.41) is 0. The molecule has 0 heterocycles. The molecule has 0 aromatic heterocycles. The Balaban J connectivity index is 4.23. The number of esters is 3. The molecule has 0 aliphatic carbocycles. The lowest BCUT2D eigenvalue weighted by Crippen LogP contribution is -2.30. The normalized spacial score (nSPS) is 12.2. The fourth-order valence-corrected chi connectivity index (χ4v) is 7.76. The molecule has 6 heteroatoms. The fourth-order valence-electron chi connectivity index (χ4n) is 7.76. The van der Waals surface area contributed by atoms with Crippen LogP contribution in [0.15, 0.2) is 0 Å². The minimum Gasteiger partial charge on any atom is -0.462 e. The number of carbonyl (C=O) groups is 3. The van der Waals surface area contributed by atoms with Crippen LogP contribution < -0.4 is 0 Å². The number of hydrogen-bond acceptors (Lipinski definition) is 6. The van der Waals surface area contributed by atoms with E-state index in [1.807, 2.05) is 0 Å². The standard InChI is InChI=1S/C52H100O6/c1-46(2)38-32-26-20-15-13-11-9-7-8-10-12-14-16-23-29-35-41-50(53)56-44-49(45-57-51(54)42-36-30-25-19-22-28-34-40-48(5)6)58-52(55)43-37-31-24-18-17-21-27-33-39-47(3)4/h46-49H,7-45H2,1-6H3/t49-/m1/s1. The largest absolute Gasteiger partial charge is 0.462 e. The molecule has 6 nitrogen and oxygen atoms in total. The van der Waals surface area contributed by atoms with E-state index < -0.39 is 6.10 Å². The van der Waals surface area contributed by atoms with E-state index in [0.29, 0.717) is 19.3 Å². The lowest BCUT2D eigenvalue weighted by Gasteiger charge is -2.18. The van der Waals surface area contributed by atoms with E-state index in [-0.39, 0.29) is 31.1 Å². The van der Waals surface area contributed by atoms with Crippen LogP contribution in [-0.2, 0) is 28.6 Å². The molecule has 0 aliphatic heterocycles. The second-order valence-electron chi connectivity index (χ2n) is 19.2. The highest BCUT2D eigenvalue weighted by Crippen LogP contribution is 2.17. The minimum atomic E-state index is -0.763. The predicted molar refractivity (Wildman–Crippen MR) is 247 cm³/mol. The first kappa shape index (κ1) is 56.4. The van der Waals surface area contributed by atoms with Crippen LogP contribution in [0.4, 0.5) is 0 Å². The van der Waals surface area contributed by atoms with E-state index in [4.69, 9.17) is 14.2 Å². The maximum atomic E-state index is 12.7. The van der Waals surface area contributed by atoms with Gasteiger partial charge in [-0.1, -0.05) is 241 Å². The number of ether oxygens (including phenoxy) is 3. The van der Waals surface area contributed by atoms with Crippen molar-refractivity contribution in [2.75, 3.05) is 13.2 Å². The van der Waals surface area contributed by atoms with Crippen molar-refractivity contribution in [3.05, 3.63) is 0 Å². The van der Waals surface area contributed by atoms with Gasteiger partial charge in [-0.15, -0.1) is 0 Å². The SMILES string of the molecule is CC(C)CCCCCCCCCCCCCCCCCCC(=O)OC[C@H](COC(=O)CCCCCCCCCC(C)C)OC(=O)CCCCCCCCCCC(C)C. The zero-order chi connectivity index (χ0) is 42.7. The highest BCUT2D eigenvalue weighted by atomic mass is 16.6.